The SMILES string of the molecule is NC1CCCC1C(=O)N(CC(F)(F)F)C1CC1. The maximum Gasteiger partial charge on any atom is 0.406 e. The highest BCUT2D eigenvalue weighted by atomic mass is 19.4. The number of halogens is 3. The van der Waals surface area contributed by atoms with Crippen LogP contribution >= 0.6 is 0 Å². The first-order chi connectivity index (χ1) is 7.88. The van der Waals surface area contributed by atoms with Gasteiger partial charge in [-0.3, -0.25) is 4.79 Å². The van der Waals surface area contributed by atoms with Gasteiger partial charge in [-0.15, -0.1) is 0 Å². The van der Waals surface area contributed by atoms with Gasteiger partial charge < -0.3 is 10.6 Å². The third-order valence-electron chi connectivity index (χ3n) is 3.51. The minimum atomic E-state index is -4.32. The van der Waals surface area contributed by atoms with Gasteiger partial charge in [-0.1, -0.05) is 6.42 Å². The summed E-state index contributed by atoms with van der Waals surface area (Å²) in [5.74, 6) is -0.798. The smallest absolute Gasteiger partial charge is 0.330 e. The first-order valence-corrected chi connectivity index (χ1v) is 6.01. The van der Waals surface area contributed by atoms with E-state index < -0.39 is 24.5 Å². The molecule has 2 unspecified atom stereocenters. The van der Waals surface area contributed by atoms with Crippen LogP contribution in [0.1, 0.15) is 32.1 Å². The second-order valence-electron chi connectivity index (χ2n) is 5.01. The highest BCUT2D eigenvalue weighted by molar-refractivity contribution is 5.80. The Balaban J connectivity index is 2.02. The van der Waals surface area contributed by atoms with Gasteiger partial charge in [0.15, 0.2) is 0 Å². The zero-order valence-corrected chi connectivity index (χ0v) is 9.54. The van der Waals surface area contributed by atoms with Crippen LogP contribution in [-0.4, -0.2) is 35.6 Å². The molecule has 0 aromatic heterocycles. The van der Waals surface area contributed by atoms with Crippen LogP contribution in [0.2, 0.25) is 0 Å². The Morgan fingerprint density at radius 1 is 1.24 bits per heavy atom. The van der Waals surface area contributed by atoms with E-state index in [1.54, 1.807) is 0 Å². The zero-order chi connectivity index (χ0) is 12.6. The predicted molar refractivity (Wildman–Crippen MR) is 56.1 cm³/mol. The summed E-state index contributed by atoms with van der Waals surface area (Å²) in [6.07, 6.45) is -0.751. The summed E-state index contributed by atoms with van der Waals surface area (Å²) in [7, 11) is 0. The van der Waals surface area contributed by atoms with Gasteiger partial charge in [0, 0.05) is 12.1 Å². The number of alkyl halides is 3. The molecular weight excluding hydrogens is 233 g/mol. The molecule has 0 saturated heterocycles. The van der Waals surface area contributed by atoms with Crippen molar-refractivity contribution in [2.45, 2.75) is 50.4 Å². The lowest BCUT2D eigenvalue weighted by Gasteiger charge is -2.28. The number of nitrogens with zero attached hydrogens (tertiary/aromatic N) is 1. The molecule has 2 rings (SSSR count). The maximum absolute atomic E-state index is 12.4. The van der Waals surface area contributed by atoms with Crippen molar-refractivity contribution in [1.82, 2.24) is 4.90 Å². The van der Waals surface area contributed by atoms with Crippen molar-refractivity contribution < 1.29 is 18.0 Å². The molecule has 0 heterocycles. The van der Waals surface area contributed by atoms with Crippen molar-refractivity contribution in [3.8, 4) is 0 Å². The molecule has 98 valence electrons. The fraction of sp³-hybridized carbons (Fsp3) is 0.909. The number of nitrogens with two attached hydrogens (primary N) is 1. The first-order valence-electron chi connectivity index (χ1n) is 6.01. The molecule has 0 aromatic carbocycles. The van der Waals surface area contributed by atoms with E-state index >= 15 is 0 Å². The normalized spacial score (nSPS) is 29.4. The van der Waals surface area contributed by atoms with Crippen LogP contribution in [0, 0.1) is 5.92 Å². The van der Waals surface area contributed by atoms with Gasteiger partial charge in [0.05, 0.1) is 5.92 Å². The highest BCUT2D eigenvalue weighted by Gasteiger charge is 2.44. The van der Waals surface area contributed by atoms with Gasteiger partial charge in [-0.25, -0.2) is 0 Å². The van der Waals surface area contributed by atoms with E-state index in [-0.39, 0.29) is 12.1 Å². The van der Waals surface area contributed by atoms with Crippen molar-refractivity contribution in [1.29, 1.82) is 0 Å². The zero-order valence-electron chi connectivity index (χ0n) is 9.54. The largest absolute Gasteiger partial charge is 0.406 e. The van der Waals surface area contributed by atoms with E-state index in [0.717, 1.165) is 17.7 Å². The fourth-order valence-corrected chi connectivity index (χ4v) is 2.47. The summed E-state index contributed by atoms with van der Waals surface area (Å²) < 4.78 is 37.2. The topological polar surface area (TPSA) is 46.3 Å². The molecular formula is C11H17F3N2O. The van der Waals surface area contributed by atoms with Crippen molar-refractivity contribution in [2.75, 3.05) is 6.54 Å². The van der Waals surface area contributed by atoms with Crippen LogP contribution in [0.5, 0.6) is 0 Å². The fourth-order valence-electron chi connectivity index (χ4n) is 2.47. The molecule has 2 aliphatic rings. The second kappa shape index (κ2) is 4.48. The van der Waals surface area contributed by atoms with Crippen LogP contribution in [-0.2, 0) is 4.79 Å². The Labute approximate surface area is 98.1 Å². The molecule has 0 aromatic rings. The molecule has 2 N–H and O–H groups in total. The summed E-state index contributed by atoms with van der Waals surface area (Å²) in [5, 5.41) is 0. The van der Waals surface area contributed by atoms with Crippen LogP contribution in [0.25, 0.3) is 0 Å². The lowest BCUT2D eigenvalue weighted by Crippen LogP contribution is -2.46. The average Bonchev–Trinajstić information content (AvgIpc) is 2.96. The predicted octanol–water partition coefficient (Wildman–Crippen LogP) is 1.67. The highest BCUT2D eigenvalue weighted by Crippen LogP contribution is 2.34. The third-order valence-corrected chi connectivity index (χ3v) is 3.51. The Morgan fingerprint density at radius 2 is 1.88 bits per heavy atom. The minimum Gasteiger partial charge on any atom is -0.330 e. The number of rotatable bonds is 3. The lowest BCUT2D eigenvalue weighted by atomic mass is 10.0. The number of carbonyl (C=O) groups is 1. The van der Waals surface area contributed by atoms with Crippen LogP contribution in [0.3, 0.4) is 0 Å². The monoisotopic (exact) mass is 250 g/mol. The number of hydrogen-bond donors (Lipinski definition) is 1. The minimum absolute atomic E-state index is 0.211. The van der Waals surface area contributed by atoms with E-state index in [9.17, 15) is 18.0 Å². The Bertz CT molecular complexity index is 302. The van der Waals surface area contributed by atoms with E-state index in [1.165, 1.54) is 0 Å². The van der Waals surface area contributed by atoms with Crippen LogP contribution in [0.15, 0.2) is 0 Å². The molecule has 3 nitrogen and oxygen atoms in total. The van der Waals surface area contributed by atoms with Gasteiger partial charge >= 0.3 is 6.18 Å². The molecule has 0 aliphatic heterocycles. The van der Waals surface area contributed by atoms with Gasteiger partial charge in [-0.05, 0) is 25.7 Å². The standard InChI is InChI=1S/C11H17F3N2O/c12-11(13,14)6-16(7-4-5-7)10(17)8-2-1-3-9(8)15/h7-9H,1-6,15H2. The third kappa shape index (κ3) is 3.12. The van der Waals surface area contributed by atoms with Crippen molar-refractivity contribution in [3.63, 3.8) is 0 Å². The molecule has 17 heavy (non-hydrogen) atoms. The quantitative estimate of drug-likeness (QED) is 0.828. The maximum atomic E-state index is 12.4. The summed E-state index contributed by atoms with van der Waals surface area (Å²) >= 11 is 0. The van der Waals surface area contributed by atoms with Crippen LogP contribution in [0.4, 0.5) is 13.2 Å². The second-order valence-corrected chi connectivity index (χ2v) is 5.01. The van der Waals surface area contributed by atoms with Gasteiger partial charge in [0.25, 0.3) is 0 Å². The molecule has 0 radical (unpaired) electrons. The summed E-state index contributed by atoms with van der Waals surface area (Å²) in [6.45, 7) is -1.13. The van der Waals surface area contributed by atoms with E-state index in [1.807, 2.05) is 0 Å². The van der Waals surface area contributed by atoms with Crippen molar-refractivity contribution >= 4 is 5.91 Å². The van der Waals surface area contributed by atoms with E-state index in [4.69, 9.17) is 5.73 Å². The molecule has 2 aliphatic carbocycles. The molecule has 0 spiro atoms. The summed E-state index contributed by atoms with van der Waals surface area (Å²) in [6, 6.07) is -0.478. The Morgan fingerprint density at radius 3 is 2.29 bits per heavy atom. The summed E-state index contributed by atoms with van der Waals surface area (Å²) in [5.41, 5.74) is 5.77. The number of amides is 1. The van der Waals surface area contributed by atoms with Crippen molar-refractivity contribution in [3.05, 3.63) is 0 Å². The molecule has 2 fully saturated rings. The Kier molecular flexibility index (Phi) is 3.34. The average molecular weight is 250 g/mol. The van der Waals surface area contributed by atoms with E-state index in [2.05, 4.69) is 0 Å². The molecule has 2 saturated carbocycles. The number of hydrogen-bond acceptors (Lipinski definition) is 2. The molecule has 2 atom stereocenters. The van der Waals surface area contributed by atoms with Crippen molar-refractivity contribution in [2.24, 2.45) is 11.7 Å². The molecule has 6 heteroatoms. The van der Waals surface area contributed by atoms with Gasteiger partial charge in [0.1, 0.15) is 6.54 Å². The lowest BCUT2D eigenvalue weighted by molar-refractivity contribution is -0.165. The van der Waals surface area contributed by atoms with E-state index in [0.29, 0.717) is 19.3 Å². The first kappa shape index (κ1) is 12.7. The molecule has 0 bridgehead atoms. The van der Waals surface area contributed by atoms with Gasteiger partial charge in [0.2, 0.25) is 5.91 Å². The Hall–Kier alpha value is -0.780. The van der Waals surface area contributed by atoms with Crippen LogP contribution < -0.4 is 5.73 Å². The number of carbonyl (C=O) groups excluding carboxylic acids is 1. The molecule has 1 amide bonds. The van der Waals surface area contributed by atoms with Gasteiger partial charge in [-0.2, -0.15) is 13.2 Å². The summed E-state index contributed by atoms with van der Waals surface area (Å²) in [4.78, 5) is 13.1.